The van der Waals surface area contributed by atoms with Gasteiger partial charge in [0, 0.05) is 0 Å². The molecule has 0 unspecified atom stereocenters. The molecule has 1 aliphatic carbocycles. The van der Waals surface area contributed by atoms with E-state index in [9.17, 15) is 8.78 Å². The smallest absolute Gasteiger partial charge is 0.145 e. The zero-order chi connectivity index (χ0) is 19.0. The van der Waals surface area contributed by atoms with Gasteiger partial charge in [-0.3, -0.25) is 0 Å². The van der Waals surface area contributed by atoms with Crippen molar-refractivity contribution in [2.75, 3.05) is 0 Å². The van der Waals surface area contributed by atoms with E-state index in [0.717, 1.165) is 24.8 Å². The Morgan fingerprint density at radius 1 is 0.815 bits per heavy atom. The predicted octanol–water partition coefficient (Wildman–Crippen LogP) is 7.39. The van der Waals surface area contributed by atoms with E-state index in [2.05, 4.69) is 31.2 Å². The third-order valence-corrected chi connectivity index (χ3v) is 5.73. The highest BCUT2D eigenvalue weighted by atomic mass is 35.5. The number of rotatable bonds is 4. The molecule has 0 radical (unpaired) electrons. The second-order valence-electron chi connectivity index (χ2n) is 7.22. The molecule has 0 saturated heterocycles. The van der Waals surface area contributed by atoms with Gasteiger partial charge in [0.25, 0.3) is 0 Å². The summed E-state index contributed by atoms with van der Waals surface area (Å²) in [6, 6.07) is 15.4. The number of hydrogen-bond donors (Lipinski definition) is 0. The SMILES string of the molecule is CCCCc1ccc2c(c1)CCc1cc(-c3cc(F)c(Cl)c(F)c3)ccc1-2. The molecule has 0 N–H and O–H groups in total. The van der Waals surface area contributed by atoms with E-state index < -0.39 is 16.7 Å². The maximum absolute atomic E-state index is 13.8. The lowest BCUT2D eigenvalue weighted by molar-refractivity contribution is 0.585. The highest BCUT2D eigenvalue weighted by Gasteiger charge is 2.18. The molecule has 0 nitrogen and oxygen atoms in total. The van der Waals surface area contributed by atoms with Gasteiger partial charge in [0.15, 0.2) is 0 Å². The fraction of sp³-hybridized carbons (Fsp3) is 0.250. The van der Waals surface area contributed by atoms with Gasteiger partial charge in [-0.2, -0.15) is 0 Å². The van der Waals surface area contributed by atoms with Gasteiger partial charge in [0.2, 0.25) is 0 Å². The molecule has 0 aromatic heterocycles. The summed E-state index contributed by atoms with van der Waals surface area (Å²) in [6.45, 7) is 2.21. The van der Waals surface area contributed by atoms with E-state index >= 15 is 0 Å². The minimum Gasteiger partial charge on any atom is -0.205 e. The van der Waals surface area contributed by atoms with Gasteiger partial charge in [-0.15, -0.1) is 0 Å². The monoisotopic (exact) mass is 382 g/mol. The van der Waals surface area contributed by atoms with Crippen molar-refractivity contribution >= 4 is 11.6 Å². The minimum absolute atomic E-state index is 0.454. The van der Waals surface area contributed by atoms with Crippen LogP contribution in [0.5, 0.6) is 0 Å². The molecule has 138 valence electrons. The van der Waals surface area contributed by atoms with Crippen molar-refractivity contribution in [3.05, 3.63) is 81.9 Å². The third kappa shape index (κ3) is 3.51. The Balaban J connectivity index is 1.70. The average molecular weight is 383 g/mol. The molecule has 0 saturated carbocycles. The summed E-state index contributed by atoms with van der Waals surface area (Å²) in [4.78, 5) is 0. The summed E-state index contributed by atoms with van der Waals surface area (Å²) in [5, 5.41) is -0.454. The normalized spacial score (nSPS) is 12.6. The summed E-state index contributed by atoms with van der Waals surface area (Å²) in [6.07, 6.45) is 5.48. The predicted molar refractivity (Wildman–Crippen MR) is 108 cm³/mol. The van der Waals surface area contributed by atoms with Crippen LogP contribution in [0.1, 0.15) is 36.5 Å². The molecule has 0 heterocycles. The summed E-state index contributed by atoms with van der Waals surface area (Å²) < 4.78 is 27.6. The molecular weight excluding hydrogens is 362 g/mol. The molecule has 1 aliphatic rings. The molecule has 4 rings (SSSR count). The van der Waals surface area contributed by atoms with Gasteiger partial charge in [-0.05, 0) is 76.8 Å². The van der Waals surface area contributed by atoms with Crippen LogP contribution in [0.15, 0.2) is 48.5 Å². The van der Waals surface area contributed by atoms with Crippen LogP contribution in [-0.2, 0) is 19.3 Å². The van der Waals surface area contributed by atoms with E-state index in [1.807, 2.05) is 12.1 Å². The first-order valence-electron chi connectivity index (χ1n) is 9.47. The lowest BCUT2D eigenvalue weighted by Crippen LogP contribution is -2.05. The first-order chi connectivity index (χ1) is 13.1. The van der Waals surface area contributed by atoms with Crippen LogP contribution in [0.25, 0.3) is 22.3 Å². The second-order valence-corrected chi connectivity index (χ2v) is 7.60. The third-order valence-electron chi connectivity index (χ3n) is 5.36. The molecule has 0 fully saturated rings. The first kappa shape index (κ1) is 18.2. The molecule has 0 amide bonds. The highest BCUT2D eigenvalue weighted by Crippen LogP contribution is 2.37. The Hall–Kier alpha value is -2.19. The van der Waals surface area contributed by atoms with Gasteiger partial charge >= 0.3 is 0 Å². The zero-order valence-electron chi connectivity index (χ0n) is 15.3. The topological polar surface area (TPSA) is 0 Å². The lowest BCUT2D eigenvalue weighted by Gasteiger charge is -2.21. The van der Waals surface area contributed by atoms with Crippen molar-refractivity contribution in [2.45, 2.75) is 39.0 Å². The molecular formula is C24H21ClF2. The molecule has 27 heavy (non-hydrogen) atoms. The quantitative estimate of drug-likeness (QED) is 0.412. The average Bonchev–Trinajstić information content (AvgIpc) is 2.69. The van der Waals surface area contributed by atoms with Crippen molar-refractivity contribution in [2.24, 2.45) is 0 Å². The number of fused-ring (bicyclic) bond motifs is 3. The number of benzene rings is 3. The summed E-state index contributed by atoms with van der Waals surface area (Å²) in [5.74, 6) is -1.45. The summed E-state index contributed by atoms with van der Waals surface area (Å²) in [5.41, 5.74) is 7.84. The van der Waals surface area contributed by atoms with Crippen molar-refractivity contribution < 1.29 is 8.78 Å². The van der Waals surface area contributed by atoms with Gasteiger partial charge in [-0.25, -0.2) is 8.78 Å². The van der Waals surface area contributed by atoms with Gasteiger partial charge in [0.1, 0.15) is 16.7 Å². The number of halogens is 3. The Bertz CT molecular complexity index is 984. The van der Waals surface area contributed by atoms with Crippen LogP contribution in [-0.4, -0.2) is 0 Å². The molecule has 0 atom stereocenters. The van der Waals surface area contributed by atoms with Gasteiger partial charge in [-0.1, -0.05) is 61.3 Å². The van der Waals surface area contributed by atoms with Crippen LogP contribution in [0.2, 0.25) is 5.02 Å². The first-order valence-corrected chi connectivity index (χ1v) is 9.84. The van der Waals surface area contributed by atoms with E-state index in [0.29, 0.717) is 5.56 Å². The fourth-order valence-corrected chi connectivity index (χ4v) is 4.00. The number of aryl methyl sites for hydroxylation is 3. The molecule has 0 spiro atoms. The Morgan fingerprint density at radius 3 is 2.11 bits per heavy atom. The van der Waals surface area contributed by atoms with Crippen molar-refractivity contribution in [3.63, 3.8) is 0 Å². The minimum atomic E-state index is -0.727. The molecule has 3 aromatic carbocycles. The van der Waals surface area contributed by atoms with Crippen LogP contribution >= 0.6 is 11.6 Å². The summed E-state index contributed by atoms with van der Waals surface area (Å²) in [7, 11) is 0. The molecule has 0 aliphatic heterocycles. The Labute approximate surface area is 163 Å². The Morgan fingerprint density at radius 2 is 1.44 bits per heavy atom. The van der Waals surface area contributed by atoms with Crippen LogP contribution in [0, 0.1) is 11.6 Å². The fourth-order valence-electron chi connectivity index (χ4n) is 3.89. The lowest BCUT2D eigenvalue weighted by atomic mass is 9.83. The maximum atomic E-state index is 13.8. The zero-order valence-corrected chi connectivity index (χ0v) is 16.0. The molecule has 0 bridgehead atoms. The van der Waals surface area contributed by atoms with Crippen LogP contribution in [0.4, 0.5) is 8.78 Å². The largest absolute Gasteiger partial charge is 0.205 e. The Kier molecular flexibility index (Phi) is 5.01. The van der Waals surface area contributed by atoms with Crippen molar-refractivity contribution in [1.29, 1.82) is 0 Å². The molecule has 3 aromatic rings. The van der Waals surface area contributed by atoms with Crippen molar-refractivity contribution in [1.82, 2.24) is 0 Å². The van der Waals surface area contributed by atoms with Crippen LogP contribution < -0.4 is 0 Å². The maximum Gasteiger partial charge on any atom is 0.145 e. The number of unbranched alkanes of at least 4 members (excludes halogenated alkanes) is 1. The van der Waals surface area contributed by atoms with Crippen molar-refractivity contribution in [3.8, 4) is 22.3 Å². The summed E-state index contributed by atoms with van der Waals surface area (Å²) >= 11 is 5.60. The standard InChI is InChI=1S/C24H21ClF2/c1-2-3-4-15-5-9-20-17(11-15)6-7-18-12-16(8-10-21(18)20)19-13-22(26)24(25)23(27)14-19/h5,8-14H,2-4,6-7H2,1H3. The van der Waals surface area contributed by atoms with E-state index in [1.165, 1.54) is 52.8 Å². The second kappa shape index (κ2) is 7.44. The van der Waals surface area contributed by atoms with E-state index in [1.54, 1.807) is 0 Å². The van der Waals surface area contributed by atoms with Gasteiger partial charge in [0.05, 0.1) is 0 Å². The van der Waals surface area contributed by atoms with Crippen LogP contribution in [0.3, 0.4) is 0 Å². The van der Waals surface area contributed by atoms with Gasteiger partial charge < -0.3 is 0 Å². The van der Waals surface area contributed by atoms with E-state index in [4.69, 9.17) is 11.6 Å². The van der Waals surface area contributed by atoms with E-state index in [-0.39, 0.29) is 0 Å². The molecule has 3 heteroatoms. The number of hydrogen-bond acceptors (Lipinski definition) is 0. The highest BCUT2D eigenvalue weighted by molar-refractivity contribution is 6.31.